The molecule has 2 aromatic rings. The molecule has 3 heterocycles. The number of nitrogens with zero attached hydrogens (tertiary/aromatic N) is 4. The molecule has 1 N–H and O–H groups in total. The predicted octanol–water partition coefficient (Wildman–Crippen LogP) is 2.92. The van der Waals surface area contributed by atoms with Crippen LogP contribution in [0.3, 0.4) is 0 Å². The van der Waals surface area contributed by atoms with Crippen molar-refractivity contribution in [3.8, 4) is 0 Å². The molecule has 1 amide bonds. The van der Waals surface area contributed by atoms with Crippen molar-refractivity contribution in [3.63, 3.8) is 0 Å². The molecule has 2 aromatic heterocycles. The highest BCUT2D eigenvalue weighted by atomic mass is 16.5. The van der Waals surface area contributed by atoms with Crippen LogP contribution < -0.4 is 10.2 Å². The van der Waals surface area contributed by atoms with Gasteiger partial charge in [0.25, 0.3) is 0 Å². The molecule has 2 unspecified atom stereocenters. The van der Waals surface area contributed by atoms with Crippen LogP contribution in [-0.4, -0.2) is 40.2 Å². The number of aryl methyl sites for hydroxylation is 3. The highest BCUT2D eigenvalue weighted by Gasteiger charge is 2.24. The molecule has 1 fully saturated rings. The molecule has 0 aromatic carbocycles. The number of hydrogen-bond donors (Lipinski definition) is 1. The second-order valence-corrected chi connectivity index (χ2v) is 7.42. The molecule has 0 aliphatic carbocycles. The van der Waals surface area contributed by atoms with E-state index in [2.05, 4.69) is 32.3 Å². The molecule has 27 heavy (non-hydrogen) atoms. The summed E-state index contributed by atoms with van der Waals surface area (Å²) >= 11 is 0. The first kappa shape index (κ1) is 19.3. The van der Waals surface area contributed by atoms with Crippen molar-refractivity contribution in [1.29, 1.82) is 0 Å². The summed E-state index contributed by atoms with van der Waals surface area (Å²) in [5, 5.41) is 7.20. The van der Waals surface area contributed by atoms with Gasteiger partial charge in [0.05, 0.1) is 5.69 Å². The second kappa shape index (κ2) is 8.50. The summed E-state index contributed by atoms with van der Waals surface area (Å²) in [6, 6.07) is 2.19. The molecule has 0 bridgehead atoms. The second-order valence-electron chi connectivity index (χ2n) is 7.42. The molecule has 146 valence electrons. The third-order valence-electron chi connectivity index (χ3n) is 5.25. The summed E-state index contributed by atoms with van der Waals surface area (Å²) in [5.41, 5.74) is 2.95. The van der Waals surface area contributed by atoms with Crippen molar-refractivity contribution in [2.45, 2.75) is 65.3 Å². The van der Waals surface area contributed by atoms with Crippen LogP contribution in [0.25, 0.3) is 0 Å². The van der Waals surface area contributed by atoms with Crippen LogP contribution in [0.5, 0.6) is 0 Å². The maximum atomic E-state index is 12.6. The van der Waals surface area contributed by atoms with E-state index in [1.165, 1.54) is 0 Å². The Bertz CT molecular complexity index is 769. The molecule has 1 aliphatic rings. The molecule has 0 spiro atoms. The number of nitrogens with one attached hydrogen (secondary N) is 1. The fourth-order valence-electron chi connectivity index (χ4n) is 3.92. The van der Waals surface area contributed by atoms with Gasteiger partial charge in [-0.15, -0.1) is 0 Å². The van der Waals surface area contributed by atoms with Gasteiger partial charge in [0.1, 0.15) is 17.9 Å². The van der Waals surface area contributed by atoms with Crippen molar-refractivity contribution >= 4 is 11.7 Å². The Morgan fingerprint density at radius 2 is 2.22 bits per heavy atom. The van der Waals surface area contributed by atoms with Crippen LogP contribution in [0, 0.1) is 13.8 Å². The zero-order valence-corrected chi connectivity index (χ0v) is 16.7. The smallest absolute Gasteiger partial charge is 0.220 e. The van der Waals surface area contributed by atoms with E-state index in [0.29, 0.717) is 6.42 Å². The number of hydrogen-bond acceptors (Lipinski definition) is 6. The summed E-state index contributed by atoms with van der Waals surface area (Å²) < 4.78 is 5.23. The van der Waals surface area contributed by atoms with Crippen LogP contribution in [-0.2, 0) is 11.2 Å². The summed E-state index contributed by atoms with van der Waals surface area (Å²) in [7, 11) is 0. The van der Waals surface area contributed by atoms with Crippen LogP contribution in [0.4, 0.5) is 5.82 Å². The number of anilines is 1. The first-order valence-corrected chi connectivity index (χ1v) is 9.76. The van der Waals surface area contributed by atoms with E-state index >= 15 is 0 Å². The number of amides is 1. The zero-order valence-electron chi connectivity index (χ0n) is 16.7. The first-order chi connectivity index (χ1) is 13.0. The lowest BCUT2D eigenvalue weighted by molar-refractivity contribution is -0.122. The average Bonchev–Trinajstić information content (AvgIpc) is 3.00. The van der Waals surface area contributed by atoms with Gasteiger partial charge in [0.15, 0.2) is 0 Å². The molecule has 3 rings (SSSR count). The molecule has 7 heteroatoms. The maximum absolute atomic E-state index is 12.6. The summed E-state index contributed by atoms with van der Waals surface area (Å²) in [6.45, 7) is 9.70. The van der Waals surface area contributed by atoms with E-state index in [1.54, 1.807) is 6.33 Å². The van der Waals surface area contributed by atoms with Crippen molar-refractivity contribution in [2.24, 2.45) is 0 Å². The minimum absolute atomic E-state index is 0.0753. The highest BCUT2D eigenvalue weighted by molar-refractivity contribution is 5.77. The largest absolute Gasteiger partial charge is 0.361 e. The van der Waals surface area contributed by atoms with Gasteiger partial charge in [-0.3, -0.25) is 4.79 Å². The van der Waals surface area contributed by atoms with Crippen LogP contribution in [0.2, 0.25) is 0 Å². The number of rotatable bonds is 6. The molecule has 0 saturated carbocycles. The van der Waals surface area contributed by atoms with E-state index in [-0.39, 0.29) is 17.9 Å². The maximum Gasteiger partial charge on any atom is 0.220 e. The Balaban J connectivity index is 1.57. The number of piperidine rings is 1. The van der Waals surface area contributed by atoms with Crippen LogP contribution in [0.1, 0.15) is 61.7 Å². The van der Waals surface area contributed by atoms with Gasteiger partial charge >= 0.3 is 0 Å². The summed E-state index contributed by atoms with van der Waals surface area (Å²) in [5.74, 6) is 1.91. The normalized spacial score (nSPS) is 18.4. The molecule has 2 atom stereocenters. The minimum atomic E-state index is 0.0753. The average molecular weight is 371 g/mol. The van der Waals surface area contributed by atoms with Crippen LogP contribution >= 0.6 is 0 Å². The quantitative estimate of drug-likeness (QED) is 0.840. The lowest BCUT2D eigenvalue weighted by Gasteiger charge is -2.34. The highest BCUT2D eigenvalue weighted by Crippen LogP contribution is 2.26. The Kier molecular flexibility index (Phi) is 6.08. The van der Waals surface area contributed by atoms with Crippen LogP contribution in [0.15, 0.2) is 16.9 Å². The van der Waals surface area contributed by atoms with Crippen molar-refractivity contribution in [1.82, 2.24) is 20.4 Å². The van der Waals surface area contributed by atoms with Crippen molar-refractivity contribution in [2.75, 3.05) is 18.0 Å². The van der Waals surface area contributed by atoms with Gasteiger partial charge < -0.3 is 14.7 Å². The lowest BCUT2D eigenvalue weighted by Crippen LogP contribution is -2.48. The van der Waals surface area contributed by atoms with Gasteiger partial charge in [0, 0.05) is 42.9 Å². The number of carbonyl (C=O) groups excluding carboxylic acids is 1. The molecule has 1 saturated heterocycles. The fraction of sp³-hybridized carbons (Fsp3) is 0.600. The van der Waals surface area contributed by atoms with Crippen molar-refractivity contribution in [3.05, 3.63) is 35.1 Å². The zero-order chi connectivity index (χ0) is 19.4. The molecular weight excluding hydrogens is 342 g/mol. The van der Waals surface area contributed by atoms with E-state index in [0.717, 1.165) is 60.9 Å². The summed E-state index contributed by atoms with van der Waals surface area (Å²) in [4.78, 5) is 23.5. The number of aromatic nitrogens is 3. The van der Waals surface area contributed by atoms with Crippen molar-refractivity contribution < 1.29 is 9.32 Å². The topological polar surface area (TPSA) is 84.2 Å². The summed E-state index contributed by atoms with van der Waals surface area (Å²) in [6.07, 6.45) is 4.99. The molecular formula is C20H29N5O2. The first-order valence-electron chi connectivity index (χ1n) is 9.76. The molecule has 7 nitrogen and oxygen atoms in total. The van der Waals surface area contributed by atoms with E-state index in [4.69, 9.17) is 4.52 Å². The monoisotopic (exact) mass is 371 g/mol. The van der Waals surface area contributed by atoms with Gasteiger partial charge in [-0.1, -0.05) is 19.0 Å². The molecule has 0 radical (unpaired) electrons. The Hall–Kier alpha value is -2.44. The number of carbonyl (C=O) groups is 1. The standard InChI is InChI=1S/C20H29N5O2/c1-5-16-10-18(22-12-21-16)25-8-6-7-17(11-25)23-19(26)9-13(2)20-14(3)24-27-15(20)4/h10,12-13,17H,5-9,11H2,1-4H3,(H,23,26). The Morgan fingerprint density at radius 3 is 2.93 bits per heavy atom. The Labute approximate surface area is 160 Å². The van der Waals surface area contributed by atoms with E-state index < -0.39 is 0 Å². The third-order valence-corrected chi connectivity index (χ3v) is 5.25. The van der Waals surface area contributed by atoms with Gasteiger partial charge in [-0.25, -0.2) is 9.97 Å². The fourth-order valence-corrected chi connectivity index (χ4v) is 3.92. The van der Waals surface area contributed by atoms with E-state index in [1.807, 2.05) is 26.8 Å². The lowest BCUT2D eigenvalue weighted by atomic mass is 9.95. The van der Waals surface area contributed by atoms with E-state index in [9.17, 15) is 4.79 Å². The predicted molar refractivity (Wildman–Crippen MR) is 104 cm³/mol. The minimum Gasteiger partial charge on any atom is -0.361 e. The van der Waals surface area contributed by atoms with Gasteiger partial charge in [-0.05, 0) is 39.0 Å². The third kappa shape index (κ3) is 4.64. The van der Waals surface area contributed by atoms with Gasteiger partial charge in [-0.2, -0.15) is 0 Å². The molecule has 1 aliphatic heterocycles. The Morgan fingerprint density at radius 1 is 1.41 bits per heavy atom. The SMILES string of the molecule is CCc1cc(N2CCCC(NC(=O)CC(C)c3c(C)noc3C)C2)ncn1. The van der Waals surface area contributed by atoms with Gasteiger partial charge in [0.2, 0.25) is 5.91 Å².